The molecule has 3 rings (SSSR count). The fourth-order valence-electron chi connectivity index (χ4n) is 3.51. The van der Waals surface area contributed by atoms with Crippen LogP contribution in [0.4, 0.5) is 11.4 Å². The Morgan fingerprint density at radius 1 is 1.14 bits per heavy atom. The molecule has 0 radical (unpaired) electrons. The monoisotopic (exact) mass is 494 g/mol. The quantitative estimate of drug-likeness (QED) is 0.132. The van der Waals surface area contributed by atoms with Crippen LogP contribution in [0.5, 0.6) is 11.5 Å². The van der Waals surface area contributed by atoms with Gasteiger partial charge in [-0.2, -0.15) is 10.5 Å². The first-order valence-corrected chi connectivity index (χ1v) is 11.0. The number of nitriles is 2. The third-order valence-corrected chi connectivity index (χ3v) is 5.24. The fraction of sp³-hybridized carbons (Fsp3) is 0.107. The molecule has 0 aliphatic rings. The molecule has 3 aromatic rings. The summed E-state index contributed by atoms with van der Waals surface area (Å²) < 4.78 is 11.6. The second kappa shape index (κ2) is 12.3. The van der Waals surface area contributed by atoms with Crippen LogP contribution in [0.15, 0.2) is 78.9 Å². The van der Waals surface area contributed by atoms with E-state index in [2.05, 4.69) is 18.0 Å². The van der Waals surface area contributed by atoms with E-state index < -0.39 is 10.8 Å². The number of amides is 1. The molecule has 0 saturated carbocycles. The Morgan fingerprint density at radius 2 is 1.92 bits per heavy atom. The summed E-state index contributed by atoms with van der Waals surface area (Å²) in [6.45, 7) is 3.91. The summed E-state index contributed by atoms with van der Waals surface area (Å²) in [4.78, 5) is 23.1. The molecular formula is C28H22N4O5. The number of hydrogen-bond donors (Lipinski definition) is 1. The smallest absolute Gasteiger partial charge is 0.271 e. The van der Waals surface area contributed by atoms with Gasteiger partial charge in [-0.25, -0.2) is 0 Å². The van der Waals surface area contributed by atoms with E-state index in [9.17, 15) is 25.4 Å². The number of carbonyl (C=O) groups is 1. The normalized spacial score (nSPS) is 10.5. The number of nitrogens with zero attached hydrogens (tertiary/aromatic N) is 3. The molecule has 9 nitrogen and oxygen atoms in total. The molecule has 1 N–H and O–H groups in total. The highest BCUT2D eigenvalue weighted by atomic mass is 16.6. The van der Waals surface area contributed by atoms with Crippen molar-refractivity contribution in [2.75, 3.05) is 12.4 Å². The lowest BCUT2D eigenvalue weighted by Gasteiger charge is -2.16. The molecule has 0 saturated heterocycles. The summed E-state index contributed by atoms with van der Waals surface area (Å²) in [6.07, 6.45) is 3.48. The summed E-state index contributed by atoms with van der Waals surface area (Å²) in [5, 5.41) is 32.4. The zero-order valence-electron chi connectivity index (χ0n) is 19.9. The van der Waals surface area contributed by atoms with Crippen molar-refractivity contribution >= 4 is 23.4 Å². The molecule has 0 fully saturated rings. The number of methoxy groups -OCH3 is 1. The maximum atomic E-state index is 12.7. The molecule has 37 heavy (non-hydrogen) atoms. The average molecular weight is 495 g/mol. The summed E-state index contributed by atoms with van der Waals surface area (Å²) in [7, 11) is 1.47. The lowest BCUT2D eigenvalue weighted by molar-refractivity contribution is -0.384. The number of ether oxygens (including phenoxy) is 2. The minimum absolute atomic E-state index is 0.133. The summed E-state index contributed by atoms with van der Waals surface area (Å²) in [6, 6.07) is 19.9. The minimum Gasteiger partial charge on any atom is -0.493 e. The van der Waals surface area contributed by atoms with Gasteiger partial charge in [-0.05, 0) is 42.3 Å². The predicted molar refractivity (Wildman–Crippen MR) is 138 cm³/mol. The van der Waals surface area contributed by atoms with E-state index in [4.69, 9.17) is 9.47 Å². The molecule has 0 spiro atoms. The van der Waals surface area contributed by atoms with Crippen molar-refractivity contribution in [1.82, 2.24) is 0 Å². The number of nitro groups is 1. The van der Waals surface area contributed by atoms with Gasteiger partial charge in [-0.15, -0.1) is 6.58 Å². The average Bonchev–Trinajstić information content (AvgIpc) is 2.91. The van der Waals surface area contributed by atoms with Crippen molar-refractivity contribution in [2.45, 2.75) is 13.0 Å². The Balaban J connectivity index is 1.92. The van der Waals surface area contributed by atoms with Crippen molar-refractivity contribution in [2.24, 2.45) is 0 Å². The van der Waals surface area contributed by atoms with Crippen LogP contribution in [0.25, 0.3) is 6.08 Å². The fourth-order valence-corrected chi connectivity index (χ4v) is 3.51. The lowest BCUT2D eigenvalue weighted by Crippen LogP contribution is -2.13. The molecule has 0 aromatic heterocycles. The van der Waals surface area contributed by atoms with E-state index in [0.29, 0.717) is 40.2 Å². The van der Waals surface area contributed by atoms with Crippen molar-refractivity contribution in [3.63, 3.8) is 0 Å². The van der Waals surface area contributed by atoms with E-state index in [0.717, 1.165) is 0 Å². The zero-order valence-corrected chi connectivity index (χ0v) is 19.9. The van der Waals surface area contributed by atoms with Gasteiger partial charge in [0.25, 0.3) is 11.6 Å². The molecule has 0 bridgehead atoms. The van der Waals surface area contributed by atoms with E-state index in [-0.39, 0.29) is 23.6 Å². The van der Waals surface area contributed by atoms with Gasteiger partial charge in [-0.3, -0.25) is 14.9 Å². The number of non-ortho nitro benzene ring substituents is 1. The van der Waals surface area contributed by atoms with Gasteiger partial charge in [-0.1, -0.05) is 30.3 Å². The topological polar surface area (TPSA) is 138 Å². The number of anilines is 1. The van der Waals surface area contributed by atoms with Crippen LogP contribution in [0.1, 0.15) is 22.3 Å². The molecule has 0 heterocycles. The van der Waals surface area contributed by atoms with E-state index >= 15 is 0 Å². The number of rotatable bonds is 10. The van der Waals surface area contributed by atoms with E-state index in [1.54, 1.807) is 36.4 Å². The van der Waals surface area contributed by atoms with Crippen LogP contribution >= 0.6 is 0 Å². The van der Waals surface area contributed by atoms with Crippen LogP contribution < -0.4 is 14.8 Å². The van der Waals surface area contributed by atoms with Gasteiger partial charge in [0.15, 0.2) is 11.5 Å². The minimum atomic E-state index is -0.722. The van der Waals surface area contributed by atoms with Crippen molar-refractivity contribution in [1.29, 1.82) is 10.5 Å². The van der Waals surface area contributed by atoms with Crippen molar-refractivity contribution in [3.8, 4) is 23.6 Å². The number of benzene rings is 3. The summed E-state index contributed by atoms with van der Waals surface area (Å²) in [5.41, 5.74) is 2.20. The van der Waals surface area contributed by atoms with Crippen molar-refractivity contribution in [3.05, 3.63) is 111 Å². The Kier molecular flexibility index (Phi) is 8.74. The maximum absolute atomic E-state index is 12.7. The van der Waals surface area contributed by atoms with Crippen LogP contribution in [-0.2, 0) is 17.8 Å². The van der Waals surface area contributed by atoms with Gasteiger partial charge >= 0.3 is 0 Å². The molecule has 3 aromatic carbocycles. The Labute approximate surface area is 213 Å². The second-order valence-electron chi connectivity index (χ2n) is 7.69. The molecule has 184 valence electrons. The second-order valence-corrected chi connectivity index (χ2v) is 7.69. The molecule has 0 aliphatic heterocycles. The largest absolute Gasteiger partial charge is 0.493 e. The highest BCUT2D eigenvalue weighted by Crippen LogP contribution is 2.35. The van der Waals surface area contributed by atoms with Crippen molar-refractivity contribution < 1.29 is 19.2 Å². The zero-order chi connectivity index (χ0) is 26.8. The molecule has 9 heteroatoms. The summed E-state index contributed by atoms with van der Waals surface area (Å²) >= 11 is 0. The predicted octanol–water partition coefficient (Wildman–Crippen LogP) is 5.33. The highest BCUT2D eigenvalue weighted by Gasteiger charge is 2.16. The molecular weight excluding hydrogens is 472 g/mol. The Hall–Kier alpha value is -5.41. The number of carbonyl (C=O) groups excluding carboxylic acids is 1. The number of allylic oxidation sites excluding steroid dienone is 1. The first kappa shape index (κ1) is 26.2. The van der Waals surface area contributed by atoms with Crippen LogP contribution in [0.2, 0.25) is 0 Å². The van der Waals surface area contributed by atoms with Gasteiger partial charge < -0.3 is 14.8 Å². The lowest BCUT2D eigenvalue weighted by atomic mass is 10.0. The van der Waals surface area contributed by atoms with Crippen LogP contribution in [0.3, 0.4) is 0 Å². The maximum Gasteiger partial charge on any atom is 0.271 e. The number of hydrogen-bond acceptors (Lipinski definition) is 7. The van der Waals surface area contributed by atoms with Gasteiger partial charge in [0.05, 0.1) is 23.7 Å². The highest BCUT2D eigenvalue weighted by molar-refractivity contribution is 6.09. The molecule has 0 aliphatic carbocycles. The number of nitrogens with one attached hydrogen (secondary N) is 1. The van der Waals surface area contributed by atoms with Gasteiger partial charge in [0.2, 0.25) is 0 Å². The molecule has 1 amide bonds. The Bertz CT molecular complexity index is 1460. The van der Waals surface area contributed by atoms with Gasteiger partial charge in [0.1, 0.15) is 18.2 Å². The standard InChI is InChI=1S/C28H22N4O5/c1-3-7-20-12-19(13-23(17-30)28(33)31-24-10-6-11-25(15-24)32(34)35)14-26(36-2)27(20)37-18-22-9-5-4-8-21(22)16-29/h3-6,8-15H,1,7,18H2,2H3,(H,31,33)/b23-13+. The molecule has 0 atom stereocenters. The van der Waals surface area contributed by atoms with Gasteiger partial charge in [0, 0.05) is 28.9 Å². The third kappa shape index (κ3) is 6.59. The number of nitro benzene ring substituents is 1. The SMILES string of the molecule is C=CCc1cc(/C=C(\C#N)C(=O)Nc2cccc([N+](=O)[O-])c2)cc(OC)c1OCc1ccccc1C#N. The van der Waals surface area contributed by atoms with E-state index in [1.807, 2.05) is 12.1 Å². The first-order chi connectivity index (χ1) is 17.9. The third-order valence-electron chi connectivity index (χ3n) is 5.24. The van der Waals surface area contributed by atoms with E-state index in [1.165, 1.54) is 37.5 Å². The summed E-state index contributed by atoms with van der Waals surface area (Å²) in [5.74, 6) is 0.101. The Morgan fingerprint density at radius 3 is 2.59 bits per heavy atom. The molecule has 0 unspecified atom stereocenters. The van der Waals surface area contributed by atoms with Crippen LogP contribution in [-0.4, -0.2) is 17.9 Å². The first-order valence-electron chi connectivity index (χ1n) is 11.0. The van der Waals surface area contributed by atoms with Crippen LogP contribution in [0, 0.1) is 32.8 Å².